The number of alkyl halides is 3. The van der Waals surface area contributed by atoms with Gasteiger partial charge in [0.15, 0.2) is 6.29 Å². The lowest BCUT2D eigenvalue weighted by molar-refractivity contribution is -0.209. The normalized spacial score (nSPS) is 21.5. The van der Waals surface area contributed by atoms with E-state index in [0.29, 0.717) is 18.2 Å². The lowest BCUT2D eigenvalue weighted by atomic mass is 10.0. The number of aliphatic hydroxyl groups excluding tert-OH is 1. The van der Waals surface area contributed by atoms with Crippen molar-refractivity contribution in [3.63, 3.8) is 0 Å². The van der Waals surface area contributed by atoms with Gasteiger partial charge in [0.05, 0.1) is 24.8 Å². The number of hydrogen-bond donors (Lipinski definition) is 2. The second-order valence-electron chi connectivity index (χ2n) is 6.30. The zero-order valence-corrected chi connectivity index (χ0v) is 14.5. The fourth-order valence-corrected chi connectivity index (χ4v) is 3.00. The van der Waals surface area contributed by atoms with E-state index in [1.807, 2.05) is 0 Å². The summed E-state index contributed by atoms with van der Waals surface area (Å²) >= 11 is 0. The molecule has 152 valence electrons. The second kappa shape index (κ2) is 8.52. The number of rotatable bonds is 5. The SMILES string of the molecule is OC[C@@H](O[C@H]1OCCN[C@H]1c1ccc(F)cc1)c1cc(F)cc(C(F)(F)F)c1. The molecule has 1 aliphatic rings. The minimum atomic E-state index is -4.74. The molecule has 2 N–H and O–H groups in total. The van der Waals surface area contributed by atoms with Crippen LogP contribution in [0.25, 0.3) is 0 Å². The van der Waals surface area contributed by atoms with Crippen LogP contribution in [-0.2, 0) is 15.7 Å². The summed E-state index contributed by atoms with van der Waals surface area (Å²) in [5.74, 6) is -1.52. The molecule has 0 amide bonds. The van der Waals surface area contributed by atoms with Gasteiger partial charge in [-0.05, 0) is 41.5 Å². The number of nitrogens with one attached hydrogen (secondary N) is 1. The van der Waals surface area contributed by atoms with E-state index in [1.54, 1.807) is 0 Å². The van der Waals surface area contributed by atoms with E-state index in [9.17, 15) is 27.1 Å². The fraction of sp³-hybridized carbons (Fsp3) is 0.368. The van der Waals surface area contributed by atoms with Crippen molar-refractivity contribution in [1.29, 1.82) is 0 Å². The van der Waals surface area contributed by atoms with Crippen LogP contribution >= 0.6 is 0 Å². The largest absolute Gasteiger partial charge is 0.416 e. The molecule has 0 saturated carbocycles. The van der Waals surface area contributed by atoms with Crippen molar-refractivity contribution >= 4 is 0 Å². The molecule has 0 unspecified atom stereocenters. The number of halogens is 5. The summed E-state index contributed by atoms with van der Waals surface area (Å²) in [6.45, 7) is 0.0537. The highest BCUT2D eigenvalue weighted by Crippen LogP contribution is 2.34. The van der Waals surface area contributed by atoms with Crippen LogP contribution < -0.4 is 5.32 Å². The van der Waals surface area contributed by atoms with Crippen molar-refractivity contribution in [3.05, 3.63) is 70.8 Å². The Hall–Kier alpha value is -2.07. The maximum Gasteiger partial charge on any atom is 0.416 e. The molecule has 0 radical (unpaired) electrons. The van der Waals surface area contributed by atoms with Crippen molar-refractivity contribution < 1.29 is 36.5 Å². The third-order valence-electron chi connectivity index (χ3n) is 4.33. The predicted molar refractivity (Wildman–Crippen MR) is 89.2 cm³/mol. The maximum atomic E-state index is 13.7. The molecular formula is C19H18F5NO3. The average molecular weight is 403 g/mol. The van der Waals surface area contributed by atoms with Crippen LogP contribution in [0.2, 0.25) is 0 Å². The number of hydrogen-bond acceptors (Lipinski definition) is 4. The second-order valence-corrected chi connectivity index (χ2v) is 6.30. The molecule has 28 heavy (non-hydrogen) atoms. The van der Waals surface area contributed by atoms with Crippen LogP contribution in [0.15, 0.2) is 42.5 Å². The maximum absolute atomic E-state index is 13.7. The molecule has 0 spiro atoms. The van der Waals surface area contributed by atoms with Crippen LogP contribution in [0.1, 0.15) is 28.8 Å². The van der Waals surface area contributed by atoms with E-state index < -0.39 is 48.4 Å². The topological polar surface area (TPSA) is 50.7 Å². The highest BCUT2D eigenvalue weighted by Gasteiger charge is 2.34. The molecule has 0 aliphatic carbocycles. The summed E-state index contributed by atoms with van der Waals surface area (Å²) in [4.78, 5) is 0. The van der Waals surface area contributed by atoms with Gasteiger partial charge in [0.25, 0.3) is 0 Å². The third kappa shape index (κ3) is 4.85. The molecule has 0 aromatic heterocycles. The quantitative estimate of drug-likeness (QED) is 0.748. The number of benzene rings is 2. The standard InChI is InChI=1S/C19H18F5NO3/c20-14-3-1-11(2-4-14)17-18(27-6-5-25-17)28-16(10-26)12-7-13(19(22,23)24)9-15(21)8-12/h1-4,7-9,16-18,25-26H,5-6,10H2/t16-,17+,18-/m1/s1. The molecule has 1 aliphatic heterocycles. The molecule has 2 aromatic carbocycles. The first-order chi connectivity index (χ1) is 13.3. The molecule has 1 fully saturated rings. The number of aliphatic hydroxyl groups is 1. The van der Waals surface area contributed by atoms with Crippen LogP contribution in [-0.4, -0.2) is 31.2 Å². The van der Waals surface area contributed by atoms with Gasteiger partial charge in [-0.1, -0.05) is 12.1 Å². The van der Waals surface area contributed by atoms with Crippen molar-refractivity contribution in [2.45, 2.75) is 24.6 Å². The van der Waals surface area contributed by atoms with Gasteiger partial charge >= 0.3 is 6.18 Å². The van der Waals surface area contributed by atoms with Crippen molar-refractivity contribution in [2.24, 2.45) is 0 Å². The van der Waals surface area contributed by atoms with E-state index in [4.69, 9.17) is 9.47 Å². The predicted octanol–water partition coefficient (Wildman–Crippen LogP) is 3.72. The lowest BCUT2D eigenvalue weighted by Crippen LogP contribution is -2.44. The van der Waals surface area contributed by atoms with Gasteiger partial charge in [0.1, 0.15) is 17.7 Å². The van der Waals surface area contributed by atoms with Crippen LogP contribution in [0.3, 0.4) is 0 Å². The van der Waals surface area contributed by atoms with Gasteiger partial charge < -0.3 is 19.9 Å². The number of morpholine rings is 1. The zero-order chi connectivity index (χ0) is 20.3. The summed E-state index contributed by atoms with van der Waals surface area (Å²) in [6.07, 6.45) is -6.96. The lowest BCUT2D eigenvalue weighted by Gasteiger charge is -2.35. The van der Waals surface area contributed by atoms with Crippen molar-refractivity contribution in [2.75, 3.05) is 19.8 Å². The summed E-state index contributed by atoms with van der Waals surface area (Å²) < 4.78 is 77.0. The molecule has 4 nitrogen and oxygen atoms in total. The molecule has 1 saturated heterocycles. The first-order valence-corrected chi connectivity index (χ1v) is 8.52. The van der Waals surface area contributed by atoms with Gasteiger partial charge in [-0.15, -0.1) is 0 Å². The Kier molecular flexibility index (Phi) is 6.29. The van der Waals surface area contributed by atoms with Gasteiger partial charge in [-0.25, -0.2) is 8.78 Å². The minimum absolute atomic E-state index is 0.165. The number of ether oxygens (including phenoxy) is 2. The van der Waals surface area contributed by atoms with E-state index in [0.717, 1.165) is 12.1 Å². The summed E-state index contributed by atoms with van der Waals surface area (Å²) in [5.41, 5.74) is -0.706. The molecule has 2 aromatic rings. The molecule has 3 rings (SSSR count). The van der Waals surface area contributed by atoms with Crippen LogP contribution in [0.5, 0.6) is 0 Å². The van der Waals surface area contributed by atoms with Gasteiger partial charge in [-0.3, -0.25) is 0 Å². The summed E-state index contributed by atoms with van der Waals surface area (Å²) in [6, 6.07) is 7.00. The van der Waals surface area contributed by atoms with E-state index >= 15 is 0 Å². The van der Waals surface area contributed by atoms with Crippen LogP contribution in [0.4, 0.5) is 22.0 Å². The van der Waals surface area contributed by atoms with E-state index in [2.05, 4.69) is 5.32 Å². The van der Waals surface area contributed by atoms with E-state index in [-0.39, 0.29) is 12.2 Å². The Bertz CT molecular complexity index is 797. The van der Waals surface area contributed by atoms with Crippen LogP contribution in [0, 0.1) is 11.6 Å². The first-order valence-electron chi connectivity index (χ1n) is 8.52. The Morgan fingerprint density at radius 1 is 1.11 bits per heavy atom. The molecule has 3 atom stereocenters. The Balaban J connectivity index is 1.84. The Morgan fingerprint density at radius 2 is 1.82 bits per heavy atom. The minimum Gasteiger partial charge on any atom is -0.393 e. The summed E-state index contributed by atoms with van der Waals surface area (Å²) in [7, 11) is 0. The van der Waals surface area contributed by atoms with Crippen molar-refractivity contribution in [1.82, 2.24) is 5.32 Å². The highest BCUT2D eigenvalue weighted by molar-refractivity contribution is 5.29. The van der Waals surface area contributed by atoms with Gasteiger partial charge in [-0.2, -0.15) is 13.2 Å². The Labute approximate surface area is 157 Å². The van der Waals surface area contributed by atoms with Gasteiger partial charge in [0, 0.05) is 6.54 Å². The average Bonchev–Trinajstić information content (AvgIpc) is 2.66. The third-order valence-corrected chi connectivity index (χ3v) is 4.33. The van der Waals surface area contributed by atoms with E-state index in [1.165, 1.54) is 24.3 Å². The van der Waals surface area contributed by atoms with Crippen molar-refractivity contribution in [3.8, 4) is 0 Å². The molecule has 9 heteroatoms. The highest BCUT2D eigenvalue weighted by atomic mass is 19.4. The van der Waals surface area contributed by atoms with Gasteiger partial charge in [0.2, 0.25) is 0 Å². The fourth-order valence-electron chi connectivity index (χ4n) is 3.00. The molecule has 1 heterocycles. The smallest absolute Gasteiger partial charge is 0.393 e. The summed E-state index contributed by atoms with van der Waals surface area (Å²) in [5, 5.41) is 12.8. The molecule has 0 bridgehead atoms. The zero-order valence-electron chi connectivity index (χ0n) is 14.5. The Morgan fingerprint density at radius 3 is 2.46 bits per heavy atom. The monoisotopic (exact) mass is 403 g/mol. The molecular weight excluding hydrogens is 385 g/mol. The first kappa shape index (κ1) is 20.7.